The van der Waals surface area contributed by atoms with Crippen molar-refractivity contribution in [1.29, 1.82) is 0 Å². The average molecular weight is 427 g/mol. The van der Waals surface area contributed by atoms with Crippen LogP contribution in [0, 0.1) is 0 Å². The van der Waals surface area contributed by atoms with Crippen LogP contribution in [0.5, 0.6) is 0 Å². The molecule has 1 N–H and O–H groups in total. The van der Waals surface area contributed by atoms with Crippen molar-refractivity contribution in [2.24, 2.45) is 0 Å². The Morgan fingerprint density at radius 1 is 0.906 bits per heavy atom. The van der Waals surface area contributed by atoms with Gasteiger partial charge >= 0.3 is 0 Å². The number of hydrogen-bond acceptors (Lipinski definition) is 3. The van der Waals surface area contributed by atoms with Gasteiger partial charge in [-0.05, 0) is 41.9 Å². The van der Waals surface area contributed by atoms with E-state index in [0.29, 0.717) is 6.54 Å². The van der Waals surface area contributed by atoms with Crippen LogP contribution in [0.3, 0.4) is 0 Å². The van der Waals surface area contributed by atoms with E-state index in [-0.39, 0.29) is 11.9 Å². The Bertz CT molecular complexity index is 1150. The van der Waals surface area contributed by atoms with E-state index in [1.807, 2.05) is 54.9 Å². The first-order chi connectivity index (χ1) is 15.7. The summed E-state index contributed by atoms with van der Waals surface area (Å²) in [4.78, 5) is 19.8. The van der Waals surface area contributed by atoms with Gasteiger partial charge in [-0.25, -0.2) is 4.98 Å². The smallest absolute Gasteiger partial charge is 0.242 e. The number of amides is 1. The van der Waals surface area contributed by atoms with E-state index >= 15 is 0 Å². The van der Waals surface area contributed by atoms with E-state index in [4.69, 9.17) is 0 Å². The van der Waals surface area contributed by atoms with E-state index in [9.17, 15) is 4.79 Å². The summed E-state index contributed by atoms with van der Waals surface area (Å²) in [5.41, 5.74) is 5.45. The number of likely N-dealkylation sites (N-methyl/N-ethyl adjacent to an activating group) is 1. The molecule has 32 heavy (non-hydrogen) atoms. The van der Waals surface area contributed by atoms with Gasteiger partial charge in [-0.3, -0.25) is 9.69 Å². The number of nitrogens with one attached hydrogen (secondary N) is 1. The van der Waals surface area contributed by atoms with Crippen LogP contribution in [0.1, 0.15) is 36.6 Å². The molecule has 0 saturated heterocycles. The molecule has 0 spiro atoms. The molecule has 4 aromatic rings. The van der Waals surface area contributed by atoms with Gasteiger partial charge in [0, 0.05) is 13.1 Å². The summed E-state index contributed by atoms with van der Waals surface area (Å²) in [5.74, 6) is 0.0360. The highest BCUT2D eigenvalue weighted by Gasteiger charge is 2.25. The van der Waals surface area contributed by atoms with Gasteiger partial charge in [-0.15, -0.1) is 0 Å². The van der Waals surface area contributed by atoms with Crippen molar-refractivity contribution < 1.29 is 4.79 Å². The monoisotopic (exact) mass is 426 g/mol. The van der Waals surface area contributed by atoms with E-state index in [2.05, 4.69) is 63.9 Å². The van der Waals surface area contributed by atoms with Crippen molar-refractivity contribution in [2.75, 3.05) is 13.1 Å². The first-order valence-electron chi connectivity index (χ1n) is 11.2. The third-order valence-electron chi connectivity index (χ3n) is 5.91. The molecule has 0 aliphatic heterocycles. The van der Waals surface area contributed by atoms with Crippen LogP contribution >= 0.6 is 0 Å². The van der Waals surface area contributed by atoms with Crippen molar-refractivity contribution in [3.63, 3.8) is 0 Å². The molecule has 0 aliphatic carbocycles. The molecule has 0 radical (unpaired) electrons. The quantitative estimate of drug-likeness (QED) is 0.419. The van der Waals surface area contributed by atoms with Gasteiger partial charge in [0.1, 0.15) is 6.04 Å². The summed E-state index contributed by atoms with van der Waals surface area (Å²) < 4.78 is 2.15. The first kappa shape index (κ1) is 21.8. The number of aromatic nitrogens is 2. The topological polar surface area (TPSA) is 50.2 Å². The van der Waals surface area contributed by atoms with Crippen LogP contribution < -0.4 is 5.32 Å². The van der Waals surface area contributed by atoms with E-state index < -0.39 is 0 Å². The van der Waals surface area contributed by atoms with Gasteiger partial charge in [0.15, 0.2) is 0 Å². The second-order valence-electron chi connectivity index (χ2n) is 7.93. The number of hydrogen-bond donors (Lipinski definition) is 1. The number of benzene rings is 3. The number of para-hydroxylation sites is 2. The Kier molecular flexibility index (Phi) is 6.97. The van der Waals surface area contributed by atoms with E-state index in [1.54, 1.807) is 0 Å². The highest BCUT2D eigenvalue weighted by atomic mass is 16.2. The predicted octanol–water partition coefficient (Wildman–Crippen LogP) is 4.78. The Morgan fingerprint density at radius 2 is 1.56 bits per heavy atom. The van der Waals surface area contributed by atoms with E-state index in [1.165, 1.54) is 5.56 Å². The fourth-order valence-corrected chi connectivity index (χ4v) is 4.13. The predicted molar refractivity (Wildman–Crippen MR) is 129 cm³/mol. The molecule has 5 heteroatoms. The summed E-state index contributed by atoms with van der Waals surface area (Å²) in [6.45, 7) is 7.11. The number of carbonyl (C=O) groups is 1. The summed E-state index contributed by atoms with van der Waals surface area (Å²) in [6.07, 6.45) is 1.88. The van der Waals surface area contributed by atoms with Crippen molar-refractivity contribution in [1.82, 2.24) is 19.8 Å². The van der Waals surface area contributed by atoms with Crippen LogP contribution in [-0.4, -0.2) is 33.4 Å². The molecule has 0 fully saturated rings. The number of nitrogens with zero attached hydrogens (tertiary/aromatic N) is 3. The maximum absolute atomic E-state index is 13.1. The van der Waals surface area contributed by atoms with Crippen LogP contribution in [0.25, 0.3) is 11.0 Å². The zero-order valence-corrected chi connectivity index (χ0v) is 18.7. The van der Waals surface area contributed by atoms with E-state index in [0.717, 1.165) is 41.8 Å². The average Bonchev–Trinajstić information content (AvgIpc) is 3.25. The molecule has 1 aromatic heterocycles. The largest absolute Gasteiger partial charge is 0.350 e. The molecular weight excluding hydrogens is 396 g/mol. The van der Waals surface area contributed by atoms with Gasteiger partial charge in [-0.1, -0.05) is 80.6 Å². The van der Waals surface area contributed by atoms with Crippen molar-refractivity contribution in [3.8, 4) is 0 Å². The Morgan fingerprint density at radius 3 is 2.28 bits per heavy atom. The van der Waals surface area contributed by atoms with Crippen molar-refractivity contribution in [3.05, 3.63) is 102 Å². The molecule has 164 valence electrons. The lowest BCUT2D eigenvalue weighted by molar-refractivity contribution is -0.126. The number of fused-ring (bicyclic) bond motifs is 1. The lowest BCUT2D eigenvalue weighted by atomic mass is 10.0. The third-order valence-corrected chi connectivity index (χ3v) is 5.91. The maximum Gasteiger partial charge on any atom is 0.242 e. The maximum atomic E-state index is 13.1. The second kappa shape index (κ2) is 10.2. The van der Waals surface area contributed by atoms with Crippen LogP contribution in [-0.2, 0) is 17.9 Å². The summed E-state index contributed by atoms with van der Waals surface area (Å²) >= 11 is 0. The summed E-state index contributed by atoms with van der Waals surface area (Å²) in [7, 11) is 0. The van der Waals surface area contributed by atoms with Gasteiger partial charge in [0.05, 0.1) is 17.4 Å². The minimum absolute atomic E-state index is 0.0360. The fourth-order valence-electron chi connectivity index (χ4n) is 4.13. The highest BCUT2D eigenvalue weighted by molar-refractivity contribution is 5.83. The number of carbonyl (C=O) groups excluding carboxylic acids is 1. The van der Waals surface area contributed by atoms with Crippen LogP contribution in [0.2, 0.25) is 0 Å². The van der Waals surface area contributed by atoms with Crippen molar-refractivity contribution in [2.45, 2.75) is 33.0 Å². The molecule has 1 atom stereocenters. The van der Waals surface area contributed by atoms with Crippen molar-refractivity contribution >= 4 is 16.9 Å². The fraction of sp³-hybridized carbons (Fsp3) is 0.259. The van der Waals surface area contributed by atoms with Crippen LogP contribution in [0.15, 0.2) is 85.2 Å². The van der Waals surface area contributed by atoms with Gasteiger partial charge in [-0.2, -0.15) is 0 Å². The molecule has 3 aromatic carbocycles. The summed E-state index contributed by atoms with van der Waals surface area (Å²) in [6, 6.07) is 26.3. The minimum atomic E-state index is -0.278. The van der Waals surface area contributed by atoms with Gasteiger partial charge < -0.3 is 9.88 Å². The molecule has 4 rings (SSSR count). The molecule has 1 unspecified atom stereocenters. The Balaban J connectivity index is 1.41. The Labute approximate surface area is 189 Å². The molecular formula is C27H30N4O. The highest BCUT2D eigenvalue weighted by Crippen LogP contribution is 2.21. The number of imidazole rings is 1. The second-order valence-corrected chi connectivity index (χ2v) is 7.93. The molecule has 0 aliphatic rings. The summed E-state index contributed by atoms with van der Waals surface area (Å²) in [5, 5.41) is 3.14. The lowest BCUT2D eigenvalue weighted by Crippen LogP contribution is -2.40. The normalized spacial score (nSPS) is 12.2. The molecule has 0 saturated carbocycles. The molecule has 1 heterocycles. The van der Waals surface area contributed by atoms with Crippen LogP contribution in [0.4, 0.5) is 0 Å². The molecule has 1 amide bonds. The standard InChI is InChI=1S/C27H30N4O/c1-3-30(4-2)26(23-10-6-5-7-11-23)27(32)28-18-21-14-16-22(17-15-21)19-31-20-29-24-12-8-9-13-25(24)31/h5-17,20,26H,3-4,18-19H2,1-2H3,(H,28,32). The SMILES string of the molecule is CCN(CC)C(C(=O)NCc1ccc(Cn2cnc3ccccc32)cc1)c1ccccc1. The Hall–Kier alpha value is -3.44. The third kappa shape index (κ3) is 4.89. The lowest BCUT2D eigenvalue weighted by Gasteiger charge is -2.29. The van der Waals surface area contributed by atoms with Gasteiger partial charge in [0.2, 0.25) is 5.91 Å². The molecule has 0 bridgehead atoms. The number of rotatable bonds is 9. The molecule has 5 nitrogen and oxygen atoms in total. The zero-order valence-electron chi connectivity index (χ0n) is 18.7. The zero-order chi connectivity index (χ0) is 22.3. The first-order valence-corrected chi connectivity index (χ1v) is 11.2. The minimum Gasteiger partial charge on any atom is -0.350 e. The van der Waals surface area contributed by atoms with Gasteiger partial charge in [0.25, 0.3) is 0 Å².